The summed E-state index contributed by atoms with van der Waals surface area (Å²) in [4.78, 5) is 8.75. The van der Waals surface area contributed by atoms with Crippen LogP contribution in [0.25, 0.3) is 0 Å². The Hall–Kier alpha value is -1.42. The van der Waals surface area contributed by atoms with Crippen molar-refractivity contribution >= 4 is 0 Å². The van der Waals surface area contributed by atoms with Crippen LogP contribution in [0.4, 0.5) is 0 Å². The maximum Gasteiger partial charge on any atom is 0.232 e. The van der Waals surface area contributed by atoms with Crippen molar-refractivity contribution in [3.8, 4) is 5.88 Å². The number of aromatic nitrogens is 2. The normalized spacial score (nSPS) is 22.3. The van der Waals surface area contributed by atoms with Crippen molar-refractivity contribution in [2.45, 2.75) is 52.6 Å². The van der Waals surface area contributed by atoms with Crippen LogP contribution < -0.4 is 10.1 Å². The lowest BCUT2D eigenvalue weighted by Crippen LogP contribution is -2.35. The Kier molecular flexibility index (Phi) is 5.34. The molecule has 0 radical (unpaired) electrons. The van der Waals surface area contributed by atoms with Gasteiger partial charge in [0.05, 0.1) is 24.7 Å². The van der Waals surface area contributed by atoms with Gasteiger partial charge in [-0.1, -0.05) is 19.1 Å². The van der Waals surface area contributed by atoms with E-state index in [0.29, 0.717) is 17.7 Å². The van der Waals surface area contributed by atoms with Crippen LogP contribution in [-0.4, -0.2) is 22.1 Å². The van der Waals surface area contributed by atoms with Crippen molar-refractivity contribution in [2.24, 2.45) is 11.8 Å². The molecule has 1 heterocycles. The highest BCUT2D eigenvalue weighted by molar-refractivity contribution is 5.07. The van der Waals surface area contributed by atoms with E-state index in [-0.39, 0.29) is 5.54 Å². The van der Waals surface area contributed by atoms with E-state index in [1.807, 2.05) is 0 Å². The molecule has 4 nitrogen and oxygen atoms in total. The molecule has 2 unspecified atom stereocenters. The molecule has 0 saturated heterocycles. The summed E-state index contributed by atoms with van der Waals surface area (Å²) in [7, 11) is 0. The minimum Gasteiger partial charge on any atom is -0.476 e. The van der Waals surface area contributed by atoms with Crippen LogP contribution in [0.5, 0.6) is 5.88 Å². The van der Waals surface area contributed by atoms with E-state index in [1.165, 1.54) is 0 Å². The highest BCUT2D eigenvalue weighted by atomic mass is 16.5. The fourth-order valence-corrected chi connectivity index (χ4v) is 2.30. The van der Waals surface area contributed by atoms with E-state index >= 15 is 0 Å². The van der Waals surface area contributed by atoms with Crippen molar-refractivity contribution in [1.29, 1.82) is 0 Å². The van der Waals surface area contributed by atoms with Gasteiger partial charge in [-0.25, -0.2) is 4.98 Å². The van der Waals surface area contributed by atoms with Crippen LogP contribution in [-0.2, 0) is 6.54 Å². The molecule has 1 N–H and O–H groups in total. The zero-order chi connectivity index (χ0) is 15.3. The quantitative estimate of drug-likeness (QED) is 0.845. The average molecular weight is 289 g/mol. The highest BCUT2D eigenvalue weighted by Crippen LogP contribution is 2.25. The van der Waals surface area contributed by atoms with Gasteiger partial charge in [-0.15, -0.1) is 0 Å². The number of ether oxygens (including phenoxy) is 1. The van der Waals surface area contributed by atoms with Gasteiger partial charge in [0.25, 0.3) is 0 Å². The summed E-state index contributed by atoms with van der Waals surface area (Å²) in [6.45, 7) is 10.1. The van der Waals surface area contributed by atoms with Crippen LogP contribution in [0.15, 0.2) is 24.5 Å². The fourth-order valence-electron chi connectivity index (χ4n) is 2.30. The third kappa shape index (κ3) is 5.46. The van der Waals surface area contributed by atoms with E-state index in [4.69, 9.17) is 4.74 Å². The third-order valence-corrected chi connectivity index (χ3v) is 3.84. The van der Waals surface area contributed by atoms with Gasteiger partial charge >= 0.3 is 0 Å². The second-order valence-corrected chi connectivity index (χ2v) is 6.94. The Balaban J connectivity index is 1.81. The SMILES string of the molecule is CC1CC=CCC1COc1cnc(CNC(C)(C)C)cn1. The summed E-state index contributed by atoms with van der Waals surface area (Å²) in [5.74, 6) is 1.88. The molecule has 0 fully saturated rings. The predicted octanol–water partition coefficient (Wildman–Crippen LogP) is 3.35. The number of nitrogens with zero attached hydrogens (tertiary/aromatic N) is 2. The average Bonchev–Trinajstić information content (AvgIpc) is 2.45. The number of hydrogen-bond acceptors (Lipinski definition) is 4. The van der Waals surface area contributed by atoms with Crippen molar-refractivity contribution in [1.82, 2.24) is 15.3 Å². The molecule has 2 rings (SSSR count). The Bertz CT molecular complexity index is 462. The Morgan fingerprint density at radius 1 is 1.19 bits per heavy atom. The molecule has 0 aliphatic heterocycles. The Morgan fingerprint density at radius 2 is 1.95 bits per heavy atom. The number of hydrogen-bond donors (Lipinski definition) is 1. The summed E-state index contributed by atoms with van der Waals surface area (Å²) >= 11 is 0. The molecule has 0 saturated carbocycles. The van der Waals surface area contributed by atoms with Crippen LogP contribution in [0, 0.1) is 11.8 Å². The summed E-state index contributed by atoms with van der Waals surface area (Å²) in [5.41, 5.74) is 1.02. The molecule has 2 atom stereocenters. The largest absolute Gasteiger partial charge is 0.476 e. The number of nitrogens with one attached hydrogen (secondary N) is 1. The molecular weight excluding hydrogens is 262 g/mol. The van der Waals surface area contributed by atoms with Crippen molar-refractivity contribution in [3.63, 3.8) is 0 Å². The van der Waals surface area contributed by atoms with Gasteiger partial charge in [0, 0.05) is 12.1 Å². The molecule has 1 aromatic heterocycles. The maximum absolute atomic E-state index is 5.79. The van der Waals surface area contributed by atoms with Crippen molar-refractivity contribution in [2.75, 3.05) is 6.61 Å². The van der Waals surface area contributed by atoms with Crippen LogP contribution >= 0.6 is 0 Å². The van der Waals surface area contributed by atoms with Crippen molar-refractivity contribution in [3.05, 3.63) is 30.2 Å². The van der Waals surface area contributed by atoms with Crippen molar-refractivity contribution < 1.29 is 4.74 Å². The molecule has 1 aromatic rings. The summed E-state index contributed by atoms with van der Waals surface area (Å²) in [5, 5.41) is 3.40. The first-order valence-electron chi connectivity index (χ1n) is 7.78. The van der Waals surface area contributed by atoms with Gasteiger partial charge in [0.1, 0.15) is 0 Å². The van der Waals surface area contributed by atoms with E-state index in [9.17, 15) is 0 Å². The van der Waals surface area contributed by atoms with Crippen LogP contribution in [0.3, 0.4) is 0 Å². The maximum atomic E-state index is 5.79. The van der Waals surface area contributed by atoms with Gasteiger partial charge in [0.2, 0.25) is 5.88 Å². The first-order chi connectivity index (χ1) is 9.94. The lowest BCUT2D eigenvalue weighted by molar-refractivity contribution is 0.192. The van der Waals surface area contributed by atoms with Gasteiger partial charge in [-0.2, -0.15) is 0 Å². The molecule has 21 heavy (non-hydrogen) atoms. The molecule has 116 valence electrons. The monoisotopic (exact) mass is 289 g/mol. The van der Waals surface area contributed by atoms with Crippen LogP contribution in [0.1, 0.15) is 46.2 Å². The third-order valence-electron chi connectivity index (χ3n) is 3.84. The van der Waals surface area contributed by atoms with E-state index in [2.05, 4.69) is 55.1 Å². The molecule has 0 bridgehead atoms. The standard InChI is InChI=1S/C17H27N3O/c1-13-7-5-6-8-14(13)12-21-16-11-18-15(9-19-16)10-20-17(2,3)4/h5-6,9,11,13-14,20H,7-8,10,12H2,1-4H3. The zero-order valence-electron chi connectivity index (χ0n) is 13.6. The molecule has 4 heteroatoms. The van der Waals surface area contributed by atoms with Crippen LogP contribution in [0.2, 0.25) is 0 Å². The first kappa shape index (κ1) is 16.0. The topological polar surface area (TPSA) is 47.0 Å². The molecule has 0 aromatic carbocycles. The van der Waals surface area contributed by atoms with E-state index < -0.39 is 0 Å². The molecule has 0 spiro atoms. The Morgan fingerprint density at radius 3 is 2.57 bits per heavy atom. The highest BCUT2D eigenvalue weighted by Gasteiger charge is 2.19. The van der Waals surface area contributed by atoms with Gasteiger partial charge in [0.15, 0.2) is 0 Å². The zero-order valence-corrected chi connectivity index (χ0v) is 13.6. The summed E-state index contributed by atoms with van der Waals surface area (Å²) in [6.07, 6.45) is 10.3. The summed E-state index contributed by atoms with van der Waals surface area (Å²) < 4.78 is 5.79. The molecule has 0 amide bonds. The van der Waals surface area contributed by atoms with E-state index in [1.54, 1.807) is 12.4 Å². The van der Waals surface area contributed by atoms with Gasteiger partial charge in [-0.3, -0.25) is 4.98 Å². The Labute approximate surface area is 128 Å². The molecule has 1 aliphatic carbocycles. The molecular formula is C17H27N3O. The lowest BCUT2D eigenvalue weighted by Gasteiger charge is -2.24. The predicted molar refractivity (Wildman–Crippen MR) is 85.1 cm³/mol. The second kappa shape index (κ2) is 7.03. The second-order valence-electron chi connectivity index (χ2n) is 6.94. The summed E-state index contributed by atoms with van der Waals surface area (Å²) in [6, 6.07) is 0. The van der Waals surface area contributed by atoms with Gasteiger partial charge < -0.3 is 10.1 Å². The molecule has 1 aliphatic rings. The minimum atomic E-state index is 0.0848. The minimum absolute atomic E-state index is 0.0848. The van der Waals surface area contributed by atoms with Gasteiger partial charge in [-0.05, 0) is 45.4 Å². The fraction of sp³-hybridized carbons (Fsp3) is 0.647. The lowest BCUT2D eigenvalue weighted by atomic mass is 9.85. The number of rotatable bonds is 5. The number of allylic oxidation sites excluding steroid dienone is 2. The smallest absolute Gasteiger partial charge is 0.232 e. The van der Waals surface area contributed by atoms with E-state index in [0.717, 1.165) is 31.7 Å². The first-order valence-corrected chi connectivity index (χ1v) is 7.78.